The summed E-state index contributed by atoms with van der Waals surface area (Å²) >= 11 is 3.57. The Balaban J connectivity index is 2.11. The zero-order valence-electron chi connectivity index (χ0n) is 11.9. The lowest BCUT2D eigenvalue weighted by Crippen LogP contribution is -2.24. The number of benzene rings is 1. The summed E-state index contributed by atoms with van der Waals surface area (Å²) in [7, 11) is 0. The molecule has 3 heteroatoms. The van der Waals surface area contributed by atoms with Gasteiger partial charge in [-0.25, -0.2) is 0 Å². The Morgan fingerprint density at radius 2 is 2.16 bits per heavy atom. The van der Waals surface area contributed by atoms with Crippen molar-refractivity contribution in [2.45, 2.75) is 45.6 Å². The van der Waals surface area contributed by atoms with E-state index in [1.165, 1.54) is 31.4 Å². The molecule has 2 nitrogen and oxygen atoms in total. The predicted molar refractivity (Wildman–Crippen MR) is 84.6 cm³/mol. The van der Waals surface area contributed by atoms with Crippen LogP contribution < -0.4 is 4.90 Å². The predicted octanol–water partition coefficient (Wildman–Crippen LogP) is 4.52. The third kappa shape index (κ3) is 3.73. The lowest BCUT2D eigenvalue weighted by Gasteiger charge is -2.24. The lowest BCUT2D eigenvalue weighted by atomic mass is 9.98. The van der Waals surface area contributed by atoms with Crippen LogP contribution in [0.2, 0.25) is 0 Å². The van der Waals surface area contributed by atoms with Gasteiger partial charge in [0.05, 0.1) is 6.10 Å². The minimum Gasteiger partial charge on any atom is -0.389 e. The third-order valence-corrected chi connectivity index (χ3v) is 4.91. The Bertz CT molecular complexity index is 419. The fraction of sp³-hybridized carbons (Fsp3) is 0.625. The third-order valence-electron chi connectivity index (χ3n) is 4.22. The van der Waals surface area contributed by atoms with E-state index in [2.05, 4.69) is 39.9 Å². The van der Waals surface area contributed by atoms with Crippen molar-refractivity contribution in [1.29, 1.82) is 0 Å². The van der Waals surface area contributed by atoms with Gasteiger partial charge in [0.2, 0.25) is 0 Å². The molecule has 1 aliphatic rings. The molecule has 1 fully saturated rings. The lowest BCUT2D eigenvalue weighted by molar-refractivity contribution is 0.198. The first kappa shape index (κ1) is 14.9. The van der Waals surface area contributed by atoms with Crippen LogP contribution in [0.1, 0.15) is 51.2 Å². The standard InChI is InChI=1S/C16H24BrNO/c1-3-13-5-4-9-18(10-8-13)14-6-7-15(12(2)19)16(17)11-14/h6-7,11-13,19H,3-5,8-10H2,1-2H3/t12-,13?/m1/s1. The van der Waals surface area contributed by atoms with Crippen LogP contribution in [0.3, 0.4) is 0 Å². The largest absolute Gasteiger partial charge is 0.389 e. The average Bonchev–Trinajstić information content (AvgIpc) is 2.63. The van der Waals surface area contributed by atoms with Gasteiger partial charge in [0.1, 0.15) is 0 Å². The first-order valence-electron chi connectivity index (χ1n) is 7.34. The molecule has 1 N–H and O–H groups in total. The second-order valence-electron chi connectivity index (χ2n) is 5.57. The smallest absolute Gasteiger partial charge is 0.0772 e. The molecule has 2 rings (SSSR count). The molecule has 0 amide bonds. The molecular formula is C16H24BrNO. The van der Waals surface area contributed by atoms with Crippen LogP contribution >= 0.6 is 15.9 Å². The Morgan fingerprint density at radius 1 is 1.37 bits per heavy atom. The van der Waals surface area contributed by atoms with Crippen molar-refractivity contribution in [2.24, 2.45) is 5.92 Å². The van der Waals surface area contributed by atoms with E-state index in [1.807, 2.05) is 6.07 Å². The molecule has 0 radical (unpaired) electrons. The number of aliphatic hydroxyl groups excluding tert-OH is 1. The summed E-state index contributed by atoms with van der Waals surface area (Å²) in [4.78, 5) is 2.48. The Labute approximate surface area is 124 Å². The highest BCUT2D eigenvalue weighted by Crippen LogP contribution is 2.30. The Morgan fingerprint density at radius 3 is 2.79 bits per heavy atom. The van der Waals surface area contributed by atoms with Crippen molar-refractivity contribution < 1.29 is 5.11 Å². The van der Waals surface area contributed by atoms with Crippen LogP contribution in [0, 0.1) is 5.92 Å². The Hall–Kier alpha value is -0.540. The maximum absolute atomic E-state index is 9.67. The van der Waals surface area contributed by atoms with Gasteiger partial charge in [-0.2, -0.15) is 0 Å². The molecule has 1 aromatic carbocycles. The molecule has 0 aliphatic carbocycles. The van der Waals surface area contributed by atoms with Gasteiger partial charge in [-0.1, -0.05) is 35.3 Å². The van der Waals surface area contributed by atoms with Gasteiger partial charge >= 0.3 is 0 Å². The Kier molecular flexibility index (Phi) is 5.28. The number of anilines is 1. The maximum atomic E-state index is 9.67. The molecule has 0 spiro atoms. The summed E-state index contributed by atoms with van der Waals surface area (Å²) < 4.78 is 1.01. The first-order valence-corrected chi connectivity index (χ1v) is 8.13. The van der Waals surface area contributed by atoms with Crippen LogP contribution in [0.4, 0.5) is 5.69 Å². The molecule has 0 bridgehead atoms. The topological polar surface area (TPSA) is 23.5 Å². The number of rotatable bonds is 3. The van der Waals surface area contributed by atoms with Crippen molar-refractivity contribution in [2.75, 3.05) is 18.0 Å². The van der Waals surface area contributed by atoms with Gasteiger partial charge < -0.3 is 10.0 Å². The summed E-state index contributed by atoms with van der Waals surface area (Å²) in [5.41, 5.74) is 2.23. The second kappa shape index (κ2) is 6.76. The molecular weight excluding hydrogens is 302 g/mol. The minimum atomic E-state index is -0.419. The second-order valence-corrected chi connectivity index (χ2v) is 6.43. The van der Waals surface area contributed by atoms with Crippen molar-refractivity contribution in [3.63, 3.8) is 0 Å². The van der Waals surface area contributed by atoms with Gasteiger partial charge in [-0.15, -0.1) is 0 Å². The van der Waals surface area contributed by atoms with Gasteiger partial charge in [0.25, 0.3) is 0 Å². The minimum absolute atomic E-state index is 0.419. The highest BCUT2D eigenvalue weighted by atomic mass is 79.9. The van der Waals surface area contributed by atoms with Gasteiger partial charge in [-0.05, 0) is 49.8 Å². The zero-order chi connectivity index (χ0) is 13.8. The van der Waals surface area contributed by atoms with E-state index in [-0.39, 0.29) is 0 Å². The molecule has 0 saturated carbocycles. The van der Waals surface area contributed by atoms with Gasteiger partial charge in [-0.3, -0.25) is 0 Å². The molecule has 0 aromatic heterocycles. The summed E-state index contributed by atoms with van der Waals surface area (Å²) in [5.74, 6) is 0.894. The van der Waals surface area contributed by atoms with E-state index in [0.29, 0.717) is 0 Å². The SMILES string of the molecule is CCC1CCCN(c2ccc([C@@H](C)O)c(Br)c2)CC1. The average molecular weight is 326 g/mol. The highest BCUT2D eigenvalue weighted by molar-refractivity contribution is 9.10. The molecule has 1 aliphatic heterocycles. The zero-order valence-corrected chi connectivity index (χ0v) is 13.5. The van der Waals surface area contributed by atoms with Crippen molar-refractivity contribution in [1.82, 2.24) is 0 Å². The molecule has 1 unspecified atom stereocenters. The van der Waals surface area contributed by atoms with Gasteiger partial charge in [0.15, 0.2) is 0 Å². The normalized spacial score (nSPS) is 22.1. The molecule has 1 heterocycles. The van der Waals surface area contributed by atoms with Crippen molar-refractivity contribution in [3.8, 4) is 0 Å². The summed E-state index contributed by atoms with van der Waals surface area (Å²) in [6, 6.07) is 6.32. The number of halogens is 1. The first-order chi connectivity index (χ1) is 9.11. The number of hydrogen-bond donors (Lipinski definition) is 1. The molecule has 19 heavy (non-hydrogen) atoms. The highest BCUT2D eigenvalue weighted by Gasteiger charge is 2.17. The van der Waals surface area contributed by atoms with E-state index in [1.54, 1.807) is 6.92 Å². The van der Waals surface area contributed by atoms with Crippen molar-refractivity contribution >= 4 is 21.6 Å². The van der Waals surface area contributed by atoms with E-state index in [0.717, 1.165) is 29.0 Å². The van der Waals surface area contributed by atoms with Crippen LogP contribution in [-0.2, 0) is 0 Å². The van der Waals surface area contributed by atoms with E-state index in [9.17, 15) is 5.11 Å². The van der Waals surface area contributed by atoms with Crippen LogP contribution in [0.5, 0.6) is 0 Å². The maximum Gasteiger partial charge on any atom is 0.0772 e. The van der Waals surface area contributed by atoms with Crippen molar-refractivity contribution in [3.05, 3.63) is 28.2 Å². The summed E-state index contributed by atoms with van der Waals surface area (Å²) in [6.07, 6.45) is 4.83. The quantitative estimate of drug-likeness (QED) is 0.883. The van der Waals surface area contributed by atoms with Crippen LogP contribution in [0.25, 0.3) is 0 Å². The van der Waals surface area contributed by atoms with Crippen LogP contribution in [-0.4, -0.2) is 18.2 Å². The molecule has 2 atom stereocenters. The fourth-order valence-corrected chi connectivity index (χ4v) is 3.58. The van der Waals surface area contributed by atoms with E-state index in [4.69, 9.17) is 0 Å². The molecule has 106 valence electrons. The number of nitrogens with zero attached hydrogens (tertiary/aromatic N) is 1. The summed E-state index contributed by atoms with van der Waals surface area (Å²) in [5, 5.41) is 9.67. The molecule has 1 aromatic rings. The van der Waals surface area contributed by atoms with Gasteiger partial charge in [0, 0.05) is 23.2 Å². The van der Waals surface area contributed by atoms with E-state index >= 15 is 0 Å². The summed E-state index contributed by atoms with van der Waals surface area (Å²) in [6.45, 7) is 6.40. The molecule has 1 saturated heterocycles. The van der Waals surface area contributed by atoms with E-state index < -0.39 is 6.10 Å². The fourth-order valence-electron chi connectivity index (χ4n) is 2.88. The van der Waals surface area contributed by atoms with Crippen LogP contribution in [0.15, 0.2) is 22.7 Å². The monoisotopic (exact) mass is 325 g/mol. The number of hydrogen-bond acceptors (Lipinski definition) is 2. The number of aliphatic hydroxyl groups is 1.